The van der Waals surface area contributed by atoms with Gasteiger partial charge in [0.25, 0.3) is 0 Å². The lowest BCUT2D eigenvalue weighted by Gasteiger charge is -2.15. The molecule has 2 rings (SSSR count). The molecule has 0 saturated heterocycles. The van der Waals surface area contributed by atoms with Crippen molar-refractivity contribution in [2.75, 3.05) is 5.32 Å². The summed E-state index contributed by atoms with van der Waals surface area (Å²) in [6.45, 7) is 4.37. The third kappa shape index (κ3) is 2.24. The molecule has 1 aromatic carbocycles. The molecule has 0 radical (unpaired) electrons. The number of hydrogen-bond acceptors (Lipinski definition) is 2. The van der Waals surface area contributed by atoms with Gasteiger partial charge in [-0.25, -0.2) is 4.98 Å². The number of nitrogens with one attached hydrogen (secondary N) is 1. The predicted octanol–water partition coefficient (Wildman–Crippen LogP) is 3.60. The van der Waals surface area contributed by atoms with Gasteiger partial charge >= 0.3 is 0 Å². The van der Waals surface area contributed by atoms with Crippen molar-refractivity contribution < 1.29 is 0 Å². The van der Waals surface area contributed by atoms with Crippen LogP contribution < -0.4 is 5.32 Å². The molecular formula is C13H17N3. The van der Waals surface area contributed by atoms with Crippen molar-refractivity contribution in [3.8, 4) is 0 Å². The van der Waals surface area contributed by atoms with Crippen molar-refractivity contribution in [3.63, 3.8) is 0 Å². The molecule has 0 bridgehead atoms. The molecule has 1 heterocycles. The van der Waals surface area contributed by atoms with Gasteiger partial charge in [-0.05, 0) is 25.5 Å². The van der Waals surface area contributed by atoms with Gasteiger partial charge in [0.05, 0.1) is 0 Å². The van der Waals surface area contributed by atoms with Gasteiger partial charge in [0.1, 0.15) is 0 Å². The largest absolute Gasteiger partial charge is 0.326 e. The lowest BCUT2D eigenvalue weighted by atomic mass is 10.2. The van der Waals surface area contributed by atoms with E-state index in [9.17, 15) is 0 Å². The Morgan fingerprint density at radius 1 is 1.31 bits per heavy atom. The standard InChI is InChI=1S/C13H17N3/c1-3-11(2)16-10-9-14-13(16)15-12-7-5-4-6-8-12/h4-11H,3H2,1-2H3,(H,14,15). The molecule has 3 heteroatoms. The second kappa shape index (κ2) is 4.84. The Kier molecular flexibility index (Phi) is 3.25. The molecular weight excluding hydrogens is 198 g/mol. The number of imidazole rings is 1. The molecule has 1 unspecified atom stereocenters. The van der Waals surface area contributed by atoms with Crippen LogP contribution >= 0.6 is 0 Å². The monoisotopic (exact) mass is 215 g/mol. The fourth-order valence-electron chi connectivity index (χ4n) is 1.61. The predicted molar refractivity (Wildman–Crippen MR) is 67.0 cm³/mol. The van der Waals surface area contributed by atoms with E-state index in [1.54, 1.807) is 0 Å². The van der Waals surface area contributed by atoms with Crippen LogP contribution in [0.25, 0.3) is 0 Å². The van der Waals surface area contributed by atoms with Gasteiger partial charge in [0.2, 0.25) is 5.95 Å². The summed E-state index contributed by atoms with van der Waals surface area (Å²) < 4.78 is 2.16. The molecule has 0 saturated carbocycles. The topological polar surface area (TPSA) is 29.9 Å². The van der Waals surface area contributed by atoms with Crippen LogP contribution in [-0.2, 0) is 0 Å². The normalized spacial score (nSPS) is 12.4. The number of hydrogen-bond donors (Lipinski definition) is 1. The fraction of sp³-hybridized carbons (Fsp3) is 0.308. The van der Waals surface area contributed by atoms with Crippen LogP contribution in [0.4, 0.5) is 11.6 Å². The summed E-state index contributed by atoms with van der Waals surface area (Å²) >= 11 is 0. The Balaban J connectivity index is 2.19. The molecule has 0 spiro atoms. The Morgan fingerprint density at radius 2 is 2.06 bits per heavy atom. The molecule has 0 amide bonds. The Hall–Kier alpha value is -1.77. The molecule has 16 heavy (non-hydrogen) atoms. The smallest absolute Gasteiger partial charge is 0.207 e. The van der Waals surface area contributed by atoms with Crippen LogP contribution in [0.1, 0.15) is 26.3 Å². The van der Waals surface area contributed by atoms with Crippen LogP contribution in [0.3, 0.4) is 0 Å². The van der Waals surface area contributed by atoms with Gasteiger partial charge in [-0.2, -0.15) is 0 Å². The summed E-state index contributed by atoms with van der Waals surface area (Å²) in [5.74, 6) is 0.903. The van der Waals surface area contributed by atoms with E-state index in [1.807, 2.05) is 42.7 Å². The zero-order chi connectivity index (χ0) is 11.4. The highest BCUT2D eigenvalue weighted by molar-refractivity contribution is 5.53. The quantitative estimate of drug-likeness (QED) is 0.844. The number of anilines is 2. The van der Waals surface area contributed by atoms with Gasteiger partial charge in [0, 0.05) is 24.1 Å². The first kappa shape index (κ1) is 10.7. The molecule has 0 aliphatic rings. The maximum atomic E-state index is 4.33. The minimum Gasteiger partial charge on any atom is -0.326 e. The number of benzene rings is 1. The highest BCUT2D eigenvalue weighted by Crippen LogP contribution is 2.19. The lowest BCUT2D eigenvalue weighted by molar-refractivity contribution is 0.537. The van der Waals surface area contributed by atoms with Gasteiger partial charge in [0.15, 0.2) is 0 Å². The molecule has 0 aliphatic carbocycles. The van der Waals surface area contributed by atoms with Gasteiger partial charge in [-0.3, -0.25) is 0 Å². The second-order valence-electron chi connectivity index (χ2n) is 3.91. The van der Waals surface area contributed by atoms with Crippen LogP contribution in [-0.4, -0.2) is 9.55 Å². The first-order valence-electron chi connectivity index (χ1n) is 5.66. The van der Waals surface area contributed by atoms with E-state index in [-0.39, 0.29) is 0 Å². The molecule has 1 N–H and O–H groups in total. The number of para-hydroxylation sites is 1. The fourth-order valence-corrected chi connectivity index (χ4v) is 1.61. The van der Waals surface area contributed by atoms with E-state index in [0.717, 1.165) is 18.1 Å². The minimum absolute atomic E-state index is 0.466. The average molecular weight is 215 g/mol. The molecule has 0 aliphatic heterocycles. The van der Waals surface area contributed by atoms with E-state index in [2.05, 4.69) is 28.7 Å². The van der Waals surface area contributed by atoms with Crippen molar-refractivity contribution in [2.24, 2.45) is 0 Å². The van der Waals surface area contributed by atoms with Crippen LogP contribution in [0.15, 0.2) is 42.7 Å². The van der Waals surface area contributed by atoms with Crippen LogP contribution in [0.5, 0.6) is 0 Å². The summed E-state index contributed by atoms with van der Waals surface area (Å²) in [5.41, 5.74) is 1.07. The average Bonchev–Trinajstić information content (AvgIpc) is 2.77. The molecule has 3 nitrogen and oxygen atoms in total. The Labute approximate surface area is 96.1 Å². The number of rotatable bonds is 4. The zero-order valence-corrected chi connectivity index (χ0v) is 9.72. The lowest BCUT2D eigenvalue weighted by Crippen LogP contribution is -2.07. The number of nitrogens with zero attached hydrogens (tertiary/aromatic N) is 2. The first-order valence-corrected chi connectivity index (χ1v) is 5.66. The highest BCUT2D eigenvalue weighted by Gasteiger charge is 2.07. The maximum absolute atomic E-state index is 4.33. The van der Waals surface area contributed by atoms with Gasteiger partial charge in [-0.1, -0.05) is 25.1 Å². The third-order valence-corrected chi connectivity index (χ3v) is 2.76. The second-order valence-corrected chi connectivity index (χ2v) is 3.91. The summed E-state index contributed by atoms with van der Waals surface area (Å²) in [4.78, 5) is 4.33. The van der Waals surface area contributed by atoms with E-state index >= 15 is 0 Å². The third-order valence-electron chi connectivity index (χ3n) is 2.76. The maximum Gasteiger partial charge on any atom is 0.207 e. The van der Waals surface area contributed by atoms with Crippen molar-refractivity contribution in [1.29, 1.82) is 0 Å². The summed E-state index contributed by atoms with van der Waals surface area (Å²) in [7, 11) is 0. The van der Waals surface area contributed by atoms with Gasteiger partial charge < -0.3 is 9.88 Å². The minimum atomic E-state index is 0.466. The summed E-state index contributed by atoms with van der Waals surface area (Å²) in [6.07, 6.45) is 4.94. The van der Waals surface area contributed by atoms with Crippen LogP contribution in [0, 0.1) is 0 Å². The number of aromatic nitrogens is 2. The molecule has 84 valence electrons. The molecule has 0 fully saturated rings. The van der Waals surface area contributed by atoms with E-state index < -0.39 is 0 Å². The SMILES string of the molecule is CCC(C)n1ccnc1Nc1ccccc1. The van der Waals surface area contributed by atoms with E-state index in [4.69, 9.17) is 0 Å². The summed E-state index contributed by atoms with van der Waals surface area (Å²) in [6, 6.07) is 10.6. The molecule has 1 aromatic heterocycles. The zero-order valence-electron chi connectivity index (χ0n) is 9.72. The Bertz CT molecular complexity index is 433. The van der Waals surface area contributed by atoms with E-state index in [0.29, 0.717) is 6.04 Å². The van der Waals surface area contributed by atoms with Crippen molar-refractivity contribution in [1.82, 2.24) is 9.55 Å². The van der Waals surface area contributed by atoms with Gasteiger partial charge in [-0.15, -0.1) is 0 Å². The first-order chi connectivity index (χ1) is 7.81. The highest BCUT2D eigenvalue weighted by atomic mass is 15.2. The van der Waals surface area contributed by atoms with E-state index in [1.165, 1.54) is 0 Å². The van der Waals surface area contributed by atoms with Crippen molar-refractivity contribution in [3.05, 3.63) is 42.7 Å². The van der Waals surface area contributed by atoms with Crippen molar-refractivity contribution >= 4 is 11.6 Å². The molecule has 2 aromatic rings. The molecule has 1 atom stereocenters. The van der Waals surface area contributed by atoms with Crippen LogP contribution in [0.2, 0.25) is 0 Å². The summed E-state index contributed by atoms with van der Waals surface area (Å²) in [5, 5.41) is 3.32. The van der Waals surface area contributed by atoms with Crippen molar-refractivity contribution in [2.45, 2.75) is 26.3 Å². The Morgan fingerprint density at radius 3 is 2.75 bits per heavy atom.